The van der Waals surface area contributed by atoms with Gasteiger partial charge in [0.1, 0.15) is 15.5 Å². The van der Waals surface area contributed by atoms with Crippen molar-refractivity contribution in [1.29, 1.82) is 0 Å². The van der Waals surface area contributed by atoms with Crippen molar-refractivity contribution in [2.24, 2.45) is 0 Å². The Bertz CT molecular complexity index is 1660. The summed E-state index contributed by atoms with van der Waals surface area (Å²) in [6, 6.07) is 9.58. The fraction of sp³-hybridized carbons (Fsp3) is 0.0476. The van der Waals surface area contributed by atoms with Crippen molar-refractivity contribution in [3.05, 3.63) is 64.7 Å². The molecule has 0 aromatic heterocycles. The molecule has 0 fully saturated rings. The van der Waals surface area contributed by atoms with Crippen LogP contribution in [0, 0.1) is 0 Å². The maximum atomic E-state index is 13.5. The molecule has 0 spiro atoms. The fourth-order valence-corrected chi connectivity index (χ4v) is 6.00. The lowest BCUT2D eigenvalue weighted by atomic mass is 9.82. The van der Waals surface area contributed by atoms with Crippen molar-refractivity contribution < 1.29 is 40.3 Å². The number of nitrogens with one attached hydrogen (secondary N) is 1. The Hall–Kier alpha value is -3.98. The summed E-state index contributed by atoms with van der Waals surface area (Å²) in [5, 5.41) is 2.55. The lowest BCUT2D eigenvalue weighted by Crippen LogP contribution is -2.27. The number of hydrogen-bond donors (Lipinski definition) is 5. The standard InChI is InChI=1S/C21H17N3O9S2/c1-33-13-8-9(22)6-7-12(13)24-17-15-14(18(25)10-4-2-3-5-11(10)19(15)26)16(23)20(34(27,28)29)21(17)35(30,31)32/h2-8,24H,22-23H2,1H3,(H,27,28,29)(H,30,31,32). The molecule has 0 saturated carbocycles. The van der Waals surface area contributed by atoms with Crippen molar-refractivity contribution in [3.63, 3.8) is 0 Å². The first kappa shape index (κ1) is 24.2. The van der Waals surface area contributed by atoms with Crippen molar-refractivity contribution in [3.8, 4) is 5.75 Å². The van der Waals surface area contributed by atoms with Crippen LogP contribution in [0.1, 0.15) is 31.8 Å². The highest BCUT2D eigenvalue weighted by Crippen LogP contribution is 2.46. The lowest BCUT2D eigenvalue weighted by Gasteiger charge is -2.26. The van der Waals surface area contributed by atoms with Gasteiger partial charge in [-0.15, -0.1) is 0 Å². The third-order valence-electron chi connectivity index (χ3n) is 5.32. The number of carbonyl (C=O) groups is 2. The van der Waals surface area contributed by atoms with Crippen LogP contribution in [-0.2, 0) is 20.2 Å². The second-order valence-electron chi connectivity index (χ2n) is 7.44. The van der Waals surface area contributed by atoms with Gasteiger partial charge in [-0.2, -0.15) is 16.8 Å². The molecule has 12 nitrogen and oxygen atoms in total. The molecule has 182 valence electrons. The molecule has 4 rings (SSSR count). The Morgan fingerprint density at radius 1 is 0.829 bits per heavy atom. The SMILES string of the molecule is COc1cc(N)ccc1Nc1c2c(c(N)c(S(=O)(=O)O)c1S(=O)(=O)O)C(=O)c1ccccc1C2=O. The zero-order valence-electron chi connectivity index (χ0n) is 17.8. The normalized spacial score (nSPS) is 13.2. The number of ether oxygens (including phenoxy) is 1. The van der Waals surface area contributed by atoms with Gasteiger partial charge in [0.25, 0.3) is 20.2 Å². The van der Waals surface area contributed by atoms with E-state index < -0.39 is 64.1 Å². The molecule has 1 aliphatic rings. The second-order valence-corrected chi connectivity index (χ2v) is 10.2. The quantitative estimate of drug-likeness (QED) is 0.189. The first-order valence-corrected chi connectivity index (χ1v) is 12.5. The van der Waals surface area contributed by atoms with E-state index in [1.54, 1.807) is 0 Å². The summed E-state index contributed by atoms with van der Waals surface area (Å²) in [6.07, 6.45) is 0. The summed E-state index contributed by atoms with van der Waals surface area (Å²) in [6.45, 7) is 0. The molecule has 3 aromatic carbocycles. The molecule has 0 unspecified atom stereocenters. The molecule has 3 aromatic rings. The van der Waals surface area contributed by atoms with Crippen LogP contribution in [0.4, 0.5) is 22.7 Å². The van der Waals surface area contributed by atoms with Gasteiger partial charge in [-0.3, -0.25) is 18.7 Å². The third kappa shape index (κ3) is 3.87. The van der Waals surface area contributed by atoms with Gasteiger partial charge in [-0.05, 0) is 12.1 Å². The van der Waals surface area contributed by atoms with Crippen LogP contribution in [0.3, 0.4) is 0 Å². The predicted octanol–water partition coefficient (Wildman–Crippen LogP) is 1.87. The average Bonchev–Trinajstić information content (AvgIpc) is 2.77. The van der Waals surface area contributed by atoms with E-state index in [9.17, 15) is 35.5 Å². The van der Waals surface area contributed by atoms with Gasteiger partial charge < -0.3 is 21.5 Å². The zero-order chi connectivity index (χ0) is 25.9. The first-order chi connectivity index (χ1) is 16.3. The summed E-state index contributed by atoms with van der Waals surface area (Å²) in [4.78, 5) is 23.9. The van der Waals surface area contributed by atoms with Gasteiger partial charge in [-0.1, -0.05) is 24.3 Å². The molecule has 1 aliphatic carbocycles. The van der Waals surface area contributed by atoms with Crippen molar-refractivity contribution in [2.75, 3.05) is 23.9 Å². The molecule has 35 heavy (non-hydrogen) atoms. The molecular formula is C21H17N3O9S2. The van der Waals surface area contributed by atoms with E-state index in [1.165, 1.54) is 49.6 Å². The van der Waals surface area contributed by atoms with Crippen LogP contribution >= 0.6 is 0 Å². The van der Waals surface area contributed by atoms with Gasteiger partial charge in [0, 0.05) is 22.9 Å². The van der Waals surface area contributed by atoms with E-state index in [1.807, 2.05) is 0 Å². The van der Waals surface area contributed by atoms with E-state index in [0.717, 1.165) is 0 Å². The number of benzene rings is 3. The molecule has 0 radical (unpaired) electrons. The number of rotatable bonds is 5. The Labute approximate surface area is 199 Å². The average molecular weight is 520 g/mol. The number of methoxy groups -OCH3 is 1. The topological polar surface area (TPSA) is 216 Å². The van der Waals surface area contributed by atoms with Crippen LogP contribution < -0.4 is 21.5 Å². The summed E-state index contributed by atoms with van der Waals surface area (Å²) in [7, 11) is -9.67. The molecule has 0 bridgehead atoms. The van der Waals surface area contributed by atoms with Crippen LogP contribution in [0.2, 0.25) is 0 Å². The van der Waals surface area contributed by atoms with Gasteiger partial charge >= 0.3 is 0 Å². The Morgan fingerprint density at radius 2 is 1.37 bits per heavy atom. The van der Waals surface area contributed by atoms with E-state index in [-0.39, 0.29) is 28.3 Å². The number of ketones is 2. The van der Waals surface area contributed by atoms with E-state index in [2.05, 4.69) is 5.32 Å². The maximum Gasteiger partial charge on any atom is 0.298 e. The number of hydrogen-bond acceptors (Lipinski definition) is 10. The van der Waals surface area contributed by atoms with Crippen molar-refractivity contribution in [1.82, 2.24) is 0 Å². The van der Waals surface area contributed by atoms with Gasteiger partial charge in [0.2, 0.25) is 0 Å². The minimum Gasteiger partial charge on any atom is -0.494 e. The predicted molar refractivity (Wildman–Crippen MR) is 124 cm³/mol. The van der Waals surface area contributed by atoms with Gasteiger partial charge in [0.05, 0.1) is 35.3 Å². The molecule has 14 heteroatoms. The molecule has 0 atom stereocenters. The number of anilines is 4. The van der Waals surface area contributed by atoms with Crippen molar-refractivity contribution >= 4 is 54.6 Å². The minimum atomic E-state index is -5.48. The number of nitrogens with two attached hydrogens (primary N) is 2. The third-order valence-corrected chi connectivity index (χ3v) is 7.31. The smallest absolute Gasteiger partial charge is 0.298 e. The van der Waals surface area contributed by atoms with E-state index in [4.69, 9.17) is 16.2 Å². The lowest BCUT2D eigenvalue weighted by molar-refractivity contribution is 0.0980. The molecular weight excluding hydrogens is 502 g/mol. The Kier molecular flexibility index (Phi) is 5.56. The Balaban J connectivity index is 2.22. The van der Waals surface area contributed by atoms with Crippen LogP contribution in [0.25, 0.3) is 0 Å². The summed E-state index contributed by atoms with van der Waals surface area (Å²) in [5.74, 6) is -1.74. The molecule has 0 saturated heterocycles. The fourth-order valence-electron chi connectivity index (χ4n) is 3.90. The van der Waals surface area contributed by atoms with Gasteiger partial charge in [0.15, 0.2) is 11.6 Å². The highest BCUT2D eigenvalue weighted by molar-refractivity contribution is 7.89. The Morgan fingerprint density at radius 3 is 1.89 bits per heavy atom. The minimum absolute atomic E-state index is 0.0148. The maximum absolute atomic E-state index is 13.5. The van der Waals surface area contributed by atoms with Crippen molar-refractivity contribution in [2.45, 2.75) is 9.79 Å². The van der Waals surface area contributed by atoms with Gasteiger partial charge in [-0.25, -0.2) is 0 Å². The second kappa shape index (κ2) is 8.06. The number of carbonyl (C=O) groups excluding carboxylic acids is 2. The molecule has 7 N–H and O–H groups in total. The highest BCUT2D eigenvalue weighted by atomic mass is 32.2. The van der Waals surface area contributed by atoms with E-state index in [0.29, 0.717) is 0 Å². The summed E-state index contributed by atoms with van der Waals surface area (Å²) >= 11 is 0. The molecule has 0 heterocycles. The monoisotopic (exact) mass is 519 g/mol. The zero-order valence-corrected chi connectivity index (χ0v) is 19.4. The van der Waals surface area contributed by atoms with Crippen LogP contribution in [0.5, 0.6) is 5.75 Å². The molecule has 0 amide bonds. The first-order valence-electron chi connectivity index (χ1n) is 9.60. The molecule has 0 aliphatic heterocycles. The van der Waals surface area contributed by atoms with E-state index >= 15 is 0 Å². The van der Waals surface area contributed by atoms with Crippen LogP contribution in [0.15, 0.2) is 52.3 Å². The highest BCUT2D eigenvalue weighted by Gasteiger charge is 2.42. The van der Waals surface area contributed by atoms with Crippen LogP contribution in [-0.4, -0.2) is 44.6 Å². The largest absolute Gasteiger partial charge is 0.494 e. The summed E-state index contributed by atoms with van der Waals surface area (Å²) < 4.78 is 74.4. The number of nitrogen functional groups attached to an aromatic ring is 2. The summed E-state index contributed by atoms with van der Waals surface area (Å²) in [5.41, 5.74) is 8.51. The number of fused-ring (bicyclic) bond motifs is 2.